The van der Waals surface area contributed by atoms with Gasteiger partial charge in [-0.3, -0.25) is 9.59 Å². The molecule has 1 atom stereocenters. The molecule has 2 amide bonds. The molecular formula is C14H31N5O2. The monoisotopic (exact) mass is 301 g/mol. The van der Waals surface area contributed by atoms with E-state index in [-0.39, 0.29) is 18.2 Å². The lowest BCUT2D eigenvalue weighted by Crippen LogP contribution is -2.42. The Kier molecular flexibility index (Phi) is 11.8. The molecule has 0 aromatic rings. The molecule has 0 heterocycles. The van der Waals surface area contributed by atoms with Gasteiger partial charge in [-0.1, -0.05) is 13.3 Å². The van der Waals surface area contributed by atoms with Gasteiger partial charge in [-0.05, 0) is 19.9 Å². The maximum Gasteiger partial charge on any atom is 0.236 e. The van der Waals surface area contributed by atoms with Crippen LogP contribution in [0.15, 0.2) is 0 Å². The van der Waals surface area contributed by atoms with E-state index < -0.39 is 6.04 Å². The zero-order valence-corrected chi connectivity index (χ0v) is 13.4. The van der Waals surface area contributed by atoms with Crippen molar-refractivity contribution in [3.05, 3.63) is 0 Å². The molecule has 6 N–H and O–H groups in total. The number of amides is 2. The zero-order chi connectivity index (χ0) is 16.1. The normalized spacial score (nSPS) is 12.2. The zero-order valence-electron chi connectivity index (χ0n) is 13.4. The Labute approximate surface area is 127 Å². The third-order valence-electron chi connectivity index (χ3n) is 3.18. The van der Waals surface area contributed by atoms with Crippen molar-refractivity contribution < 1.29 is 9.59 Å². The molecular weight excluding hydrogens is 270 g/mol. The lowest BCUT2D eigenvalue weighted by Gasteiger charge is -2.16. The van der Waals surface area contributed by atoms with Crippen LogP contribution in [0.4, 0.5) is 0 Å². The van der Waals surface area contributed by atoms with Crippen molar-refractivity contribution in [1.29, 1.82) is 0 Å². The molecule has 0 bridgehead atoms. The molecule has 0 radical (unpaired) electrons. The molecule has 0 unspecified atom stereocenters. The van der Waals surface area contributed by atoms with E-state index in [1.165, 1.54) is 0 Å². The molecule has 0 spiro atoms. The van der Waals surface area contributed by atoms with Crippen molar-refractivity contribution in [2.75, 3.05) is 39.8 Å². The summed E-state index contributed by atoms with van der Waals surface area (Å²) in [5, 5.41) is 5.57. The Hall–Kier alpha value is -1.18. The van der Waals surface area contributed by atoms with Gasteiger partial charge in [0.05, 0.1) is 6.04 Å². The quantitative estimate of drug-likeness (QED) is 0.346. The fraction of sp³-hybridized carbons (Fsp3) is 0.857. The summed E-state index contributed by atoms with van der Waals surface area (Å²) >= 11 is 0. The Balaban J connectivity index is 3.69. The highest BCUT2D eigenvalue weighted by molar-refractivity contribution is 5.82. The van der Waals surface area contributed by atoms with Crippen LogP contribution in [-0.2, 0) is 9.59 Å². The van der Waals surface area contributed by atoms with Crippen LogP contribution in [0.2, 0.25) is 0 Å². The predicted octanol–water partition coefficient (Wildman–Crippen LogP) is -0.983. The fourth-order valence-corrected chi connectivity index (χ4v) is 1.74. The molecule has 0 rings (SSSR count). The summed E-state index contributed by atoms with van der Waals surface area (Å²) in [5.74, 6) is -0.258. The van der Waals surface area contributed by atoms with Crippen LogP contribution in [0.25, 0.3) is 0 Å². The number of hydrogen-bond acceptors (Lipinski definition) is 5. The average Bonchev–Trinajstić information content (AvgIpc) is 2.45. The van der Waals surface area contributed by atoms with Crippen molar-refractivity contribution in [3.63, 3.8) is 0 Å². The third-order valence-corrected chi connectivity index (χ3v) is 3.18. The summed E-state index contributed by atoms with van der Waals surface area (Å²) in [6.45, 7) is 5.44. The minimum Gasteiger partial charge on any atom is -0.355 e. The first-order valence-electron chi connectivity index (χ1n) is 7.69. The minimum absolute atomic E-state index is 0.0760. The number of rotatable bonds is 12. The van der Waals surface area contributed by atoms with E-state index in [0.717, 1.165) is 25.9 Å². The van der Waals surface area contributed by atoms with Gasteiger partial charge in [-0.2, -0.15) is 0 Å². The molecule has 0 aliphatic rings. The van der Waals surface area contributed by atoms with Crippen molar-refractivity contribution in [2.45, 2.75) is 38.6 Å². The lowest BCUT2D eigenvalue weighted by molar-refractivity contribution is -0.123. The van der Waals surface area contributed by atoms with Crippen LogP contribution < -0.4 is 22.1 Å². The van der Waals surface area contributed by atoms with E-state index in [2.05, 4.69) is 17.6 Å². The molecule has 0 aromatic heterocycles. The Morgan fingerprint density at radius 3 is 2.52 bits per heavy atom. The molecule has 0 saturated carbocycles. The van der Waals surface area contributed by atoms with Crippen molar-refractivity contribution in [1.82, 2.24) is 15.5 Å². The molecule has 0 aliphatic heterocycles. The lowest BCUT2D eigenvalue weighted by atomic mass is 10.1. The van der Waals surface area contributed by atoms with E-state index >= 15 is 0 Å². The van der Waals surface area contributed by atoms with E-state index in [0.29, 0.717) is 26.1 Å². The molecule has 0 fully saturated rings. The van der Waals surface area contributed by atoms with Crippen molar-refractivity contribution >= 4 is 11.8 Å². The predicted molar refractivity (Wildman–Crippen MR) is 84.7 cm³/mol. The van der Waals surface area contributed by atoms with Gasteiger partial charge in [-0.25, -0.2) is 0 Å². The van der Waals surface area contributed by atoms with Gasteiger partial charge in [0, 0.05) is 39.1 Å². The molecule has 0 aromatic carbocycles. The topological polar surface area (TPSA) is 113 Å². The Morgan fingerprint density at radius 2 is 1.90 bits per heavy atom. The fourth-order valence-electron chi connectivity index (χ4n) is 1.74. The highest BCUT2D eigenvalue weighted by Gasteiger charge is 2.14. The van der Waals surface area contributed by atoms with Crippen LogP contribution >= 0.6 is 0 Å². The van der Waals surface area contributed by atoms with Gasteiger partial charge >= 0.3 is 0 Å². The van der Waals surface area contributed by atoms with Crippen LogP contribution in [0.5, 0.6) is 0 Å². The summed E-state index contributed by atoms with van der Waals surface area (Å²) in [6.07, 6.45) is 2.59. The van der Waals surface area contributed by atoms with E-state index in [1.54, 1.807) is 0 Å². The number of nitrogens with two attached hydrogens (primary N) is 2. The SMILES string of the molecule is CCCCNC(=O)[C@H](N)CCC(=O)NCCN(C)CCN. The maximum absolute atomic E-state index is 11.6. The van der Waals surface area contributed by atoms with E-state index in [4.69, 9.17) is 11.5 Å². The number of nitrogens with zero attached hydrogens (tertiary/aromatic N) is 1. The summed E-state index contributed by atoms with van der Waals surface area (Å²) < 4.78 is 0. The second-order valence-electron chi connectivity index (χ2n) is 5.23. The standard InChI is InChI=1S/C14H31N5O2/c1-3-4-8-18-14(21)12(16)5-6-13(20)17-9-11-19(2)10-7-15/h12H,3-11,15-16H2,1-2H3,(H,17,20)(H,18,21)/t12-/m1/s1. The van der Waals surface area contributed by atoms with E-state index in [9.17, 15) is 9.59 Å². The number of hydrogen-bond donors (Lipinski definition) is 4. The number of nitrogens with one attached hydrogen (secondary N) is 2. The second-order valence-corrected chi connectivity index (χ2v) is 5.23. The summed E-state index contributed by atoms with van der Waals surface area (Å²) in [4.78, 5) is 25.3. The van der Waals surface area contributed by atoms with Gasteiger partial charge < -0.3 is 27.0 Å². The molecule has 7 nitrogen and oxygen atoms in total. The highest BCUT2D eigenvalue weighted by Crippen LogP contribution is 1.95. The minimum atomic E-state index is -0.618. The van der Waals surface area contributed by atoms with Crippen molar-refractivity contribution in [2.24, 2.45) is 11.5 Å². The Bertz CT molecular complexity index is 299. The van der Waals surface area contributed by atoms with Gasteiger partial charge in [0.1, 0.15) is 0 Å². The molecule has 0 saturated heterocycles. The third kappa shape index (κ3) is 11.2. The van der Waals surface area contributed by atoms with Crippen LogP contribution in [0.3, 0.4) is 0 Å². The summed E-state index contributed by atoms with van der Waals surface area (Å²) in [7, 11) is 1.95. The number of carbonyl (C=O) groups excluding carboxylic acids is 2. The summed E-state index contributed by atoms with van der Waals surface area (Å²) in [6, 6.07) is -0.618. The summed E-state index contributed by atoms with van der Waals surface area (Å²) in [5.41, 5.74) is 11.2. The molecule has 7 heteroatoms. The Morgan fingerprint density at radius 1 is 1.19 bits per heavy atom. The number of carbonyl (C=O) groups is 2. The second kappa shape index (κ2) is 12.6. The highest BCUT2D eigenvalue weighted by atomic mass is 16.2. The average molecular weight is 301 g/mol. The van der Waals surface area contributed by atoms with Gasteiger partial charge in [0.15, 0.2) is 0 Å². The van der Waals surface area contributed by atoms with Crippen LogP contribution in [0, 0.1) is 0 Å². The van der Waals surface area contributed by atoms with E-state index in [1.807, 2.05) is 11.9 Å². The first-order chi connectivity index (χ1) is 10.0. The molecule has 21 heavy (non-hydrogen) atoms. The first-order valence-corrected chi connectivity index (χ1v) is 7.69. The van der Waals surface area contributed by atoms with Crippen molar-refractivity contribution in [3.8, 4) is 0 Å². The van der Waals surface area contributed by atoms with Crippen LogP contribution in [0.1, 0.15) is 32.6 Å². The number of likely N-dealkylation sites (N-methyl/N-ethyl adjacent to an activating group) is 1. The number of unbranched alkanes of at least 4 members (excludes halogenated alkanes) is 1. The van der Waals surface area contributed by atoms with Crippen LogP contribution in [-0.4, -0.2) is 62.5 Å². The van der Waals surface area contributed by atoms with Gasteiger partial charge in [0.2, 0.25) is 11.8 Å². The van der Waals surface area contributed by atoms with Gasteiger partial charge in [-0.15, -0.1) is 0 Å². The maximum atomic E-state index is 11.6. The van der Waals surface area contributed by atoms with Gasteiger partial charge in [0.25, 0.3) is 0 Å². The molecule has 124 valence electrons. The molecule has 0 aliphatic carbocycles. The smallest absolute Gasteiger partial charge is 0.236 e. The largest absolute Gasteiger partial charge is 0.355 e. The first kappa shape index (κ1) is 19.8.